The van der Waals surface area contributed by atoms with Crippen LogP contribution in [0.1, 0.15) is 12.6 Å². The van der Waals surface area contributed by atoms with Gasteiger partial charge in [0.05, 0.1) is 37.6 Å². The minimum Gasteiger partial charge on any atom is -0.390 e. The Morgan fingerprint density at radius 2 is 2.04 bits per heavy atom. The fourth-order valence-corrected chi connectivity index (χ4v) is 2.56. The van der Waals surface area contributed by atoms with Crippen molar-refractivity contribution in [3.8, 4) is 0 Å². The monoisotopic (exact) mass is 333 g/mol. The molecule has 1 aromatic heterocycles. The molecule has 1 fully saturated rings. The van der Waals surface area contributed by atoms with E-state index in [0.717, 1.165) is 0 Å². The van der Waals surface area contributed by atoms with Gasteiger partial charge in [0.2, 0.25) is 0 Å². The second kappa shape index (κ2) is 6.90. The van der Waals surface area contributed by atoms with Gasteiger partial charge in [-0.1, -0.05) is 6.92 Å². The van der Waals surface area contributed by atoms with E-state index in [4.69, 9.17) is 0 Å². The Bertz CT molecular complexity index is 579. The summed E-state index contributed by atoms with van der Waals surface area (Å²) in [5.41, 5.74) is -1.07. The third kappa shape index (κ3) is 4.24. The first kappa shape index (κ1) is 17.8. The molecular formula is C14H20F3N4O2+. The average molecular weight is 333 g/mol. The fourth-order valence-electron chi connectivity index (χ4n) is 2.56. The number of alkyl halides is 3. The molecule has 0 aromatic carbocycles. The van der Waals surface area contributed by atoms with E-state index in [9.17, 15) is 23.4 Å². The predicted molar refractivity (Wildman–Crippen MR) is 76.6 cm³/mol. The molecule has 1 aromatic rings. The Morgan fingerprint density at radius 1 is 1.35 bits per heavy atom. The summed E-state index contributed by atoms with van der Waals surface area (Å²) in [4.78, 5) is 9.07. The number of hydrogen-bond donors (Lipinski definition) is 2. The number of β-amino-alcohol motifs (C(OH)–C–C–N with tert-alkyl or cyclic N) is 1. The van der Waals surface area contributed by atoms with E-state index in [2.05, 4.69) is 9.97 Å². The summed E-state index contributed by atoms with van der Waals surface area (Å²) in [5, 5.41) is 20.0. The molecule has 0 aliphatic carbocycles. The van der Waals surface area contributed by atoms with Crippen LogP contribution < -0.4 is 0 Å². The number of nitrogens with zero attached hydrogens (tertiary/aromatic N) is 4. The molecule has 1 aliphatic heterocycles. The molecule has 2 rings (SSSR count). The highest BCUT2D eigenvalue weighted by Gasteiger charge is 2.39. The third-order valence-corrected chi connectivity index (χ3v) is 3.88. The van der Waals surface area contributed by atoms with Gasteiger partial charge >= 0.3 is 12.0 Å². The minimum absolute atomic E-state index is 0.0233. The molecule has 0 amide bonds. The van der Waals surface area contributed by atoms with Crippen LogP contribution in [0.15, 0.2) is 12.4 Å². The minimum atomic E-state index is -4.57. The van der Waals surface area contributed by atoms with Gasteiger partial charge in [-0.2, -0.15) is 13.2 Å². The molecular weight excluding hydrogens is 313 g/mol. The van der Waals surface area contributed by atoms with E-state index >= 15 is 0 Å². The van der Waals surface area contributed by atoms with Crippen LogP contribution in [0.25, 0.3) is 0 Å². The van der Waals surface area contributed by atoms with Crippen molar-refractivity contribution in [2.45, 2.75) is 25.3 Å². The first-order valence-corrected chi connectivity index (χ1v) is 7.28. The van der Waals surface area contributed by atoms with Gasteiger partial charge < -0.3 is 15.1 Å². The lowest BCUT2D eigenvalue weighted by atomic mass is 9.93. The van der Waals surface area contributed by atoms with Gasteiger partial charge in [-0.05, 0) is 11.5 Å². The van der Waals surface area contributed by atoms with E-state index in [-0.39, 0.29) is 5.82 Å². The van der Waals surface area contributed by atoms with Crippen molar-refractivity contribution < 1.29 is 28.0 Å². The molecule has 0 bridgehead atoms. The first-order chi connectivity index (χ1) is 10.7. The van der Waals surface area contributed by atoms with Crippen LogP contribution in [0.3, 0.4) is 0 Å². The first-order valence-electron chi connectivity index (χ1n) is 7.28. The van der Waals surface area contributed by atoms with Gasteiger partial charge in [-0.25, -0.2) is 4.58 Å². The van der Waals surface area contributed by atoms with Gasteiger partial charge in [0, 0.05) is 13.1 Å². The highest BCUT2D eigenvalue weighted by molar-refractivity contribution is 5.58. The molecule has 3 atom stereocenters. The largest absolute Gasteiger partial charge is 0.459 e. The molecule has 128 valence electrons. The van der Waals surface area contributed by atoms with Gasteiger partial charge in [-0.3, -0.25) is 4.98 Å². The van der Waals surface area contributed by atoms with Crippen molar-refractivity contribution in [3.05, 3.63) is 18.1 Å². The summed E-state index contributed by atoms with van der Waals surface area (Å²) < 4.78 is 39.5. The second-order valence-electron chi connectivity index (χ2n) is 5.59. The molecule has 0 saturated carbocycles. The highest BCUT2D eigenvalue weighted by atomic mass is 19.4. The summed E-state index contributed by atoms with van der Waals surface area (Å²) >= 11 is 0. The van der Waals surface area contributed by atoms with Gasteiger partial charge in [0.15, 0.2) is 0 Å². The third-order valence-electron chi connectivity index (χ3n) is 3.88. The van der Waals surface area contributed by atoms with Gasteiger partial charge in [-0.15, -0.1) is 0 Å². The maximum atomic E-state index is 12.7. The Hall–Kier alpha value is -1.58. The van der Waals surface area contributed by atoms with Crippen LogP contribution in [-0.4, -0.2) is 74.8 Å². The zero-order chi connectivity index (χ0) is 17.2. The van der Waals surface area contributed by atoms with Crippen LogP contribution >= 0.6 is 0 Å². The van der Waals surface area contributed by atoms with E-state index in [0.29, 0.717) is 25.8 Å². The molecule has 2 N–H and O–H groups in total. The lowest BCUT2D eigenvalue weighted by molar-refractivity contribution is -0.408. The number of rotatable bonds is 3. The second-order valence-corrected chi connectivity index (χ2v) is 5.59. The maximum absolute atomic E-state index is 12.7. The number of halogens is 3. The van der Waals surface area contributed by atoms with Crippen LogP contribution in [0.5, 0.6) is 0 Å². The maximum Gasteiger partial charge on any atom is 0.459 e. The lowest BCUT2D eigenvalue weighted by Crippen LogP contribution is -2.53. The summed E-state index contributed by atoms with van der Waals surface area (Å²) in [5.74, 6) is -0.393. The Labute approximate surface area is 131 Å². The molecule has 1 saturated heterocycles. The van der Waals surface area contributed by atoms with Crippen LogP contribution in [0.2, 0.25) is 0 Å². The SMILES string of the molecule is CCN1CC(C=[N+](C)c2cncc(C(F)(F)F)n2)[C@@H](O)[C@@H](O)C1. The zero-order valence-electron chi connectivity index (χ0n) is 12.9. The molecule has 0 spiro atoms. The molecule has 1 unspecified atom stereocenters. The smallest absolute Gasteiger partial charge is 0.390 e. The molecule has 9 heteroatoms. The van der Waals surface area contributed by atoms with Gasteiger partial charge in [0.25, 0.3) is 5.69 Å². The van der Waals surface area contributed by atoms with E-state index in [1.165, 1.54) is 17.8 Å². The lowest BCUT2D eigenvalue weighted by Gasteiger charge is -2.36. The fraction of sp³-hybridized carbons (Fsp3) is 0.643. The summed E-state index contributed by atoms with van der Waals surface area (Å²) in [6.45, 7) is 3.52. The summed E-state index contributed by atoms with van der Waals surface area (Å²) in [6, 6.07) is 0. The number of likely N-dealkylation sites (N-methyl/N-ethyl adjacent to an activating group) is 1. The Kier molecular flexibility index (Phi) is 5.33. The average Bonchev–Trinajstić information content (AvgIpc) is 2.50. The van der Waals surface area contributed by atoms with E-state index in [1.54, 1.807) is 6.21 Å². The molecule has 23 heavy (non-hydrogen) atoms. The number of hydrogen-bond acceptors (Lipinski definition) is 5. The van der Waals surface area contributed by atoms with Crippen LogP contribution in [0, 0.1) is 5.92 Å². The van der Waals surface area contributed by atoms with E-state index in [1.807, 2.05) is 11.8 Å². The van der Waals surface area contributed by atoms with Crippen molar-refractivity contribution in [1.82, 2.24) is 14.9 Å². The van der Waals surface area contributed by atoms with E-state index < -0.39 is 30.0 Å². The zero-order valence-corrected chi connectivity index (χ0v) is 12.9. The Morgan fingerprint density at radius 3 is 2.65 bits per heavy atom. The quantitative estimate of drug-likeness (QED) is 0.623. The normalized spacial score (nSPS) is 27.3. The van der Waals surface area contributed by atoms with Crippen LogP contribution in [0.4, 0.5) is 19.0 Å². The van der Waals surface area contributed by atoms with Crippen LogP contribution in [-0.2, 0) is 6.18 Å². The molecule has 1 aliphatic rings. The summed E-state index contributed by atoms with van der Waals surface area (Å²) in [7, 11) is 1.54. The van der Waals surface area contributed by atoms with Crippen molar-refractivity contribution >= 4 is 12.0 Å². The van der Waals surface area contributed by atoms with Crippen molar-refractivity contribution in [2.75, 3.05) is 26.7 Å². The number of piperidine rings is 1. The van der Waals surface area contributed by atoms with Crippen molar-refractivity contribution in [1.29, 1.82) is 0 Å². The predicted octanol–water partition coefficient (Wildman–Crippen LogP) is 0.514. The van der Waals surface area contributed by atoms with Crippen molar-refractivity contribution in [2.24, 2.45) is 5.92 Å². The highest BCUT2D eigenvalue weighted by Crippen LogP contribution is 2.27. The number of aromatic nitrogens is 2. The molecule has 6 nitrogen and oxygen atoms in total. The van der Waals surface area contributed by atoms with Crippen molar-refractivity contribution in [3.63, 3.8) is 0 Å². The molecule has 2 heterocycles. The molecule has 0 radical (unpaired) electrons. The number of likely N-dealkylation sites (tertiary alicyclic amines) is 1. The Balaban J connectivity index is 2.24. The number of aliphatic hydroxyl groups is 2. The van der Waals surface area contributed by atoms with Gasteiger partial charge in [0.1, 0.15) is 6.20 Å². The number of aliphatic hydroxyl groups excluding tert-OH is 2. The standard InChI is InChI=1S/C14H20F3N4O2/c1-3-21-7-9(13(23)10(22)8-21)6-20(2)12-5-18-4-11(19-12)14(15,16)17/h4-6,9-10,13,22-23H,3,7-8H2,1-2H3/q+1/t9?,10-,13+/m0/s1. The topological polar surface area (TPSA) is 72.5 Å². The summed E-state index contributed by atoms with van der Waals surface area (Å²) in [6.07, 6.45) is -2.99.